The first-order valence-electron chi connectivity index (χ1n) is 11.3. The number of hydrogen-bond donors (Lipinski definition) is 0. The number of rotatable bonds is 7. The molecule has 2 aliphatic rings. The van der Waals surface area contributed by atoms with E-state index in [4.69, 9.17) is 14.2 Å². The molecule has 1 fully saturated rings. The van der Waals surface area contributed by atoms with Gasteiger partial charge in [-0.3, -0.25) is 4.79 Å². The average molecular weight is 424 g/mol. The fourth-order valence-electron chi connectivity index (χ4n) is 5.13. The second-order valence-electron chi connectivity index (χ2n) is 8.61. The highest BCUT2D eigenvalue weighted by molar-refractivity contribution is 5.78. The highest BCUT2D eigenvalue weighted by atomic mass is 16.5. The van der Waals surface area contributed by atoms with Crippen molar-refractivity contribution in [1.29, 1.82) is 0 Å². The molecule has 1 saturated carbocycles. The number of nitrogens with zero attached hydrogens (tertiary/aromatic N) is 1. The van der Waals surface area contributed by atoms with Crippen molar-refractivity contribution in [2.75, 3.05) is 27.9 Å². The number of hydrogen-bond acceptors (Lipinski definition) is 4. The zero-order valence-corrected chi connectivity index (χ0v) is 18.9. The number of methoxy groups -OCH3 is 3. The Morgan fingerprint density at radius 3 is 2.29 bits per heavy atom. The van der Waals surface area contributed by atoms with E-state index in [0.717, 1.165) is 35.5 Å². The van der Waals surface area contributed by atoms with Gasteiger partial charge in [0.15, 0.2) is 11.5 Å². The van der Waals surface area contributed by atoms with Crippen LogP contribution in [0.5, 0.6) is 17.2 Å². The van der Waals surface area contributed by atoms with Gasteiger partial charge in [-0.1, -0.05) is 37.8 Å². The number of fused-ring (bicyclic) bond motifs is 1. The van der Waals surface area contributed by atoms with Gasteiger partial charge in [-0.25, -0.2) is 0 Å². The number of ether oxygens (including phenoxy) is 3. The molecule has 0 saturated heterocycles. The SMILES string of the molecule is COc1ccc([C@H]2c3cc(OC)c(OC)cc3CCN2C(=O)CCC2CCCC2)cc1. The fourth-order valence-corrected chi connectivity index (χ4v) is 5.13. The van der Waals surface area contributed by atoms with Crippen molar-refractivity contribution < 1.29 is 19.0 Å². The van der Waals surface area contributed by atoms with Gasteiger partial charge in [0, 0.05) is 13.0 Å². The Morgan fingerprint density at radius 1 is 0.968 bits per heavy atom. The highest BCUT2D eigenvalue weighted by Crippen LogP contribution is 2.42. The molecule has 5 nitrogen and oxygen atoms in total. The summed E-state index contributed by atoms with van der Waals surface area (Å²) in [6.07, 6.45) is 7.61. The standard InChI is InChI=1S/C26H33NO4/c1-29-21-11-9-19(10-12-21)26-22-17-24(31-3)23(30-2)16-20(22)14-15-27(26)25(28)13-8-18-6-4-5-7-18/h9-12,16-18,26H,4-8,13-15H2,1-3H3/t26-/m0/s1. The normalized spacial score (nSPS) is 18.5. The van der Waals surface area contributed by atoms with Gasteiger partial charge in [0.05, 0.1) is 27.4 Å². The molecular formula is C26H33NO4. The topological polar surface area (TPSA) is 48.0 Å². The van der Waals surface area contributed by atoms with Gasteiger partial charge in [0.1, 0.15) is 5.75 Å². The molecule has 1 heterocycles. The molecule has 2 aromatic carbocycles. The number of benzene rings is 2. The maximum Gasteiger partial charge on any atom is 0.223 e. The van der Waals surface area contributed by atoms with Crippen molar-refractivity contribution >= 4 is 5.91 Å². The summed E-state index contributed by atoms with van der Waals surface area (Å²) in [7, 11) is 4.98. The molecular weight excluding hydrogens is 390 g/mol. The third-order valence-corrected chi connectivity index (χ3v) is 6.87. The van der Waals surface area contributed by atoms with E-state index in [1.54, 1.807) is 21.3 Å². The monoisotopic (exact) mass is 423 g/mol. The van der Waals surface area contributed by atoms with Gasteiger partial charge < -0.3 is 19.1 Å². The van der Waals surface area contributed by atoms with Crippen molar-refractivity contribution in [1.82, 2.24) is 4.90 Å². The Kier molecular flexibility index (Phi) is 6.69. The minimum atomic E-state index is -0.134. The van der Waals surface area contributed by atoms with E-state index in [0.29, 0.717) is 24.6 Å². The largest absolute Gasteiger partial charge is 0.497 e. The molecule has 0 N–H and O–H groups in total. The zero-order valence-electron chi connectivity index (χ0n) is 18.9. The van der Waals surface area contributed by atoms with Crippen LogP contribution in [0.2, 0.25) is 0 Å². The van der Waals surface area contributed by atoms with E-state index in [1.165, 1.54) is 31.2 Å². The highest BCUT2D eigenvalue weighted by Gasteiger charge is 2.33. The Balaban J connectivity index is 1.68. The van der Waals surface area contributed by atoms with Crippen LogP contribution in [0, 0.1) is 5.92 Å². The van der Waals surface area contributed by atoms with Crippen molar-refractivity contribution in [3.05, 3.63) is 53.1 Å². The van der Waals surface area contributed by atoms with E-state index in [-0.39, 0.29) is 11.9 Å². The van der Waals surface area contributed by atoms with Crippen LogP contribution in [-0.4, -0.2) is 38.7 Å². The van der Waals surface area contributed by atoms with Crippen LogP contribution in [-0.2, 0) is 11.2 Å². The van der Waals surface area contributed by atoms with Crippen molar-refractivity contribution in [3.8, 4) is 17.2 Å². The Hall–Kier alpha value is -2.69. The molecule has 0 radical (unpaired) electrons. The summed E-state index contributed by atoms with van der Waals surface area (Å²) in [6, 6.07) is 12.0. The molecule has 166 valence electrons. The van der Waals surface area contributed by atoms with Crippen LogP contribution >= 0.6 is 0 Å². The van der Waals surface area contributed by atoms with Crippen LogP contribution < -0.4 is 14.2 Å². The number of amides is 1. The molecule has 1 amide bonds. The minimum Gasteiger partial charge on any atom is -0.497 e. The maximum atomic E-state index is 13.4. The summed E-state index contributed by atoms with van der Waals surface area (Å²) < 4.78 is 16.5. The first kappa shape index (κ1) is 21.5. The molecule has 4 rings (SSSR count). The smallest absolute Gasteiger partial charge is 0.223 e. The zero-order chi connectivity index (χ0) is 21.8. The second kappa shape index (κ2) is 9.63. The number of carbonyl (C=O) groups is 1. The van der Waals surface area contributed by atoms with Crippen LogP contribution in [0.1, 0.15) is 61.3 Å². The van der Waals surface area contributed by atoms with E-state index in [9.17, 15) is 4.79 Å². The minimum absolute atomic E-state index is 0.134. The first-order valence-corrected chi connectivity index (χ1v) is 11.3. The quantitative estimate of drug-likeness (QED) is 0.617. The molecule has 1 aliphatic carbocycles. The van der Waals surface area contributed by atoms with Crippen LogP contribution in [0.15, 0.2) is 36.4 Å². The summed E-state index contributed by atoms with van der Waals surface area (Å²) in [5.41, 5.74) is 3.41. The van der Waals surface area contributed by atoms with Gasteiger partial charge in [-0.2, -0.15) is 0 Å². The van der Waals surface area contributed by atoms with Crippen molar-refractivity contribution in [2.24, 2.45) is 5.92 Å². The summed E-state index contributed by atoms with van der Waals surface area (Å²) in [6.45, 7) is 0.711. The lowest BCUT2D eigenvalue weighted by molar-refractivity contribution is -0.133. The predicted octanol–water partition coefficient (Wildman–Crippen LogP) is 5.16. The summed E-state index contributed by atoms with van der Waals surface area (Å²) in [5.74, 6) is 3.19. The maximum absolute atomic E-state index is 13.4. The van der Waals surface area contributed by atoms with Gasteiger partial charge in [0.25, 0.3) is 0 Å². The van der Waals surface area contributed by atoms with E-state index < -0.39 is 0 Å². The third kappa shape index (κ3) is 4.51. The molecule has 0 aromatic heterocycles. The van der Waals surface area contributed by atoms with Gasteiger partial charge >= 0.3 is 0 Å². The summed E-state index contributed by atoms with van der Waals surface area (Å²) in [4.78, 5) is 15.5. The molecule has 0 unspecified atom stereocenters. The molecule has 1 atom stereocenters. The number of carbonyl (C=O) groups excluding carboxylic acids is 1. The lowest BCUT2D eigenvalue weighted by Gasteiger charge is -2.38. The molecule has 2 aromatic rings. The fraction of sp³-hybridized carbons (Fsp3) is 0.500. The van der Waals surface area contributed by atoms with Crippen molar-refractivity contribution in [3.63, 3.8) is 0 Å². The van der Waals surface area contributed by atoms with Crippen molar-refractivity contribution in [2.45, 2.75) is 51.0 Å². The van der Waals surface area contributed by atoms with E-state index >= 15 is 0 Å². The summed E-state index contributed by atoms with van der Waals surface area (Å²) in [5, 5.41) is 0. The van der Waals surface area contributed by atoms with Crippen LogP contribution in [0.3, 0.4) is 0 Å². The van der Waals surface area contributed by atoms with Gasteiger partial charge in [-0.15, -0.1) is 0 Å². The van der Waals surface area contributed by atoms with Gasteiger partial charge in [-0.05, 0) is 59.7 Å². The van der Waals surface area contributed by atoms with Gasteiger partial charge in [0.2, 0.25) is 5.91 Å². The van der Waals surface area contributed by atoms with E-state index in [2.05, 4.69) is 23.1 Å². The lowest BCUT2D eigenvalue weighted by atomic mass is 9.87. The molecule has 5 heteroatoms. The lowest BCUT2D eigenvalue weighted by Crippen LogP contribution is -2.40. The third-order valence-electron chi connectivity index (χ3n) is 6.87. The molecule has 1 aliphatic heterocycles. The van der Waals surface area contributed by atoms with Crippen LogP contribution in [0.25, 0.3) is 0 Å². The predicted molar refractivity (Wildman–Crippen MR) is 121 cm³/mol. The summed E-state index contributed by atoms with van der Waals surface area (Å²) >= 11 is 0. The van der Waals surface area contributed by atoms with Crippen LogP contribution in [0.4, 0.5) is 0 Å². The molecule has 31 heavy (non-hydrogen) atoms. The Labute approximate surface area is 185 Å². The first-order chi connectivity index (χ1) is 15.1. The molecule has 0 bridgehead atoms. The Bertz CT molecular complexity index is 902. The Morgan fingerprint density at radius 2 is 1.65 bits per heavy atom. The average Bonchev–Trinajstić information content (AvgIpc) is 3.34. The van der Waals surface area contributed by atoms with E-state index in [1.807, 2.05) is 18.2 Å². The second-order valence-corrected chi connectivity index (χ2v) is 8.61. The molecule has 0 spiro atoms.